The quantitative estimate of drug-likeness (QED) is 0.782. The second-order valence-corrected chi connectivity index (χ2v) is 5.24. The van der Waals surface area contributed by atoms with Crippen LogP contribution in [0.2, 0.25) is 0 Å². The maximum Gasteiger partial charge on any atom is 0.305 e. The average Bonchev–Trinajstić information content (AvgIpc) is 2.76. The van der Waals surface area contributed by atoms with Crippen molar-refractivity contribution < 1.29 is 9.90 Å². The number of hydrogen-bond donors (Lipinski definition) is 1. The largest absolute Gasteiger partial charge is 0.481 e. The lowest BCUT2D eigenvalue weighted by molar-refractivity contribution is -0.137. The molecule has 0 bridgehead atoms. The molecule has 1 aromatic heterocycles. The Labute approximate surface area is 117 Å². The van der Waals surface area contributed by atoms with Gasteiger partial charge in [0.25, 0.3) is 0 Å². The third-order valence-electron chi connectivity index (χ3n) is 3.87. The van der Waals surface area contributed by atoms with Crippen molar-refractivity contribution in [2.45, 2.75) is 26.8 Å². The second-order valence-electron chi connectivity index (χ2n) is 5.24. The van der Waals surface area contributed by atoms with Gasteiger partial charge in [-0.3, -0.25) is 4.79 Å². The number of benzene rings is 2. The molecule has 0 amide bonds. The Morgan fingerprint density at radius 1 is 1.10 bits per heavy atom. The van der Waals surface area contributed by atoms with E-state index in [2.05, 4.69) is 42.7 Å². The van der Waals surface area contributed by atoms with Crippen LogP contribution in [0.1, 0.15) is 17.5 Å². The normalized spacial score (nSPS) is 11.3. The predicted octanol–water partition coefficient (Wildman–Crippen LogP) is 3.89. The monoisotopic (exact) mass is 267 g/mol. The molecule has 3 nitrogen and oxygen atoms in total. The predicted molar refractivity (Wildman–Crippen MR) is 81.2 cm³/mol. The van der Waals surface area contributed by atoms with Crippen molar-refractivity contribution in [3.05, 3.63) is 47.5 Å². The third-order valence-corrected chi connectivity index (χ3v) is 3.87. The van der Waals surface area contributed by atoms with Gasteiger partial charge in [-0.1, -0.05) is 30.3 Å². The number of carboxylic acids is 1. The van der Waals surface area contributed by atoms with Crippen molar-refractivity contribution in [1.82, 2.24) is 4.57 Å². The molecule has 0 atom stereocenters. The van der Waals surface area contributed by atoms with Crippen molar-refractivity contribution in [2.24, 2.45) is 0 Å². The zero-order chi connectivity index (χ0) is 14.3. The summed E-state index contributed by atoms with van der Waals surface area (Å²) in [6, 6.07) is 12.4. The Hall–Kier alpha value is -2.29. The van der Waals surface area contributed by atoms with E-state index in [0.29, 0.717) is 6.54 Å². The van der Waals surface area contributed by atoms with Gasteiger partial charge in [0, 0.05) is 22.8 Å². The molecule has 3 rings (SSSR count). The molecule has 0 aliphatic heterocycles. The molecular weight excluding hydrogens is 250 g/mol. The minimum absolute atomic E-state index is 0.140. The first-order valence-electron chi connectivity index (χ1n) is 6.78. The van der Waals surface area contributed by atoms with Crippen LogP contribution >= 0.6 is 0 Å². The molecule has 0 aliphatic carbocycles. The summed E-state index contributed by atoms with van der Waals surface area (Å²) in [6.07, 6.45) is 0.140. The molecule has 102 valence electrons. The highest BCUT2D eigenvalue weighted by atomic mass is 16.4. The van der Waals surface area contributed by atoms with E-state index in [0.717, 1.165) is 11.0 Å². The number of carboxylic acid groups (broad SMARTS) is 1. The van der Waals surface area contributed by atoms with Crippen molar-refractivity contribution >= 4 is 27.8 Å². The Bertz CT molecular complexity index is 815. The number of hydrogen-bond acceptors (Lipinski definition) is 1. The number of rotatable bonds is 3. The van der Waals surface area contributed by atoms with Gasteiger partial charge in [0.1, 0.15) is 0 Å². The number of aryl methyl sites for hydroxylation is 3. The van der Waals surface area contributed by atoms with E-state index >= 15 is 0 Å². The van der Waals surface area contributed by atoms with E-state index in [4.69, 9.17) is 5.11 Å². The van der Waals surface area contributed by atoms with Crippen LogP contribution in [0.15, 0.2) is 36.4 Å². The Morgan fingerprint density at radius 2 is 1.80 bits per heavy atom. The van der Waals surface area contributed by atoms with Crippen LogP contribution in [0.25, 0.3) is 21.8 Å². The van der Waals surface area contributed by atoms with Gasteiger partial charge < -0.3 is 9.67 Å². The molecule has 0 spiro atoms. The summed E-state index contributed by atoms with van der Waals surface area (Å²) in [5.41, 5.74) is 4.69. The molecule has 0 radical (unpaired) electrons. The number of aromatic nitrogens is 1. The van der Waals surface area contributed by atoms with Gasteiger partial charge in [-0.15, -0.1) is 0 Å². The number of aliphatic carboxylic acids is 1. The highest BCUT2D eigenvalue weighted by Crippen LogP contribution is 2.33. The lowest BCUT2D eigenvalue weighted by Gasteiger charge is -2.08. The topological polar surface area (TPSA) is 42.2 Å². The molecule has 20 heavy (non-hydrogen) atoms. The van der Waals surface area contributed by atoms with Crippen molar-refractivity contribution in [3.63, 3.8) is 0 Å². The fourth-order valence-corrected chi connectivity index (χ4v) is 2.96. The molecule has 0 unspecified atom stereocenters. The van der Waals surface area contributed by atoms with Crippen LogP contribution in [0.3, 0.4) is 0 Å². The van der Waals surface area contributed by atoms with E-state index < -0.39 is 5.97 Å². The van der Waals surface area contributed by atoms with Crippen LogP contribution in [0.4, 0.5) is 0 Å². The molecule has 1 heterocycles. The summed E-state index contributed by atoms with van der Waals surface area (Å²) in [4.78, 5) is 10.9. The summed E-state index contributed by atoms with van der Waals surface area (Å²) in [5, 5.41) is 11.4. The number of nitrogens with zero attached hydrogens (tertiary/aromatic N) is 1. The van der Waals surface area contributed by atoms with Gasteiger partial charge in [0.2, 0.25) is 0 Å². The van der Waals surface area contributed by atoms with E-state index in [1.54, 1.807) is 0 Å². The standard InChI is InChI=1S/C17H17NO2/c1-11-7-8-12(2)17-16(11)13-5-3-4-6-14(13)18(17)10-9-15(19)20/h3-8H,9-10H2,1-2H3,(H,19,20). The maximum absolute atomic E-state index is 10.9. The molecule has 3 heteroatoms. The van der Waals surface area contributed by atoms with Crippen LogP contribution in [-0.2, 0) is 11.3 Å². The summed E-state index contributed by atoms with van der Waals surface area (Å²) in [5.74, 6) is -0.763. The maximum atomic E-state index is 10.9. The minimum atomic E-state index is -0.763. The molecule has 0 saturated heterocycles. The van der Waals surface area contributed by atoms with Gasteiger partial charge >= 0.3 is 5.97 Å². The van der Waals surface area contributed by atoms with Gasteiger partial charge in [-0.05, 0) is 31.0 Å². The zero-order valence-electron chi connectivity index (χ0n) is 11.7. The summed E-state index contributed by atoms with van der Waals surface area (Å²) >= 11 is 0. The molecular formula is C17H17NO2. The van der Waals surface area contributed by atoms with Crippen LogP contribution in [0.5, 0.6) is 0 Å². The van der Waals surface area contributed by atoms with Crippen LogP contribution in [0, 0.1) is 13.8 Å². The van der Waals surface area contributed by atoms with Gasteiger partial charge in [0.05, 0.1) is 11.9 Å². The lowest BCUT2D eigenvalue weighted by atomic mass is 10.0. The number of para-hydroxylation sites is 1. The van der Waals surface area contributed by atoms with Gasteiger partial charge in [0.15, 0.2) is 0 Å². The molecule has 0 saturated carbocycles. The average molecular weight is 267 g/mol. The fraction of sp³-hybridized carbons (Fsp3) is 0.235. The fourth-order valence-electron chi connectivity index (χ4n) is 2.96. The van der Waals surface area contributed by atoms with Gasteiger partial charge in [-0.25, -0.2) is 0 Å². The van der Waals surface area contributed by atoms with Crippen molar-refractivity contribution in [3.8, 4) is 0 Å². The molecule has 0 fully saturated rings. The summed E-state index contributed by atoms with van der Waals surface area (Å²) < 4.78 is 2.14. The van der Waals surface area contributed by atoms with E-state index in [1.807, 2.05) is 12.1 Å². The first-order chi connectivity index (χ1) is 9.59. The van der Waals surface area contributed by atoms with E-state index in [-0.39, 0.29) is 6.42 Å². The summed E-state index contributed by atoms with van der Waals surface area (Å²) in [6.45, 7) is 4.69. The molecule has 3 aromatic rings. The molecule has 2 aromatic carbocycles. The smallest absolute Gasteiger partial charge is 0.305 e. The molecule has 1 N–H and O–H groups in total. The highest BCUT2D eigenvalue weighted by Gasteiger charge is 2.14. The van der Waals surface area contributed by atoms with Crippen molar-refractivity contribution in [2.75, 3.05) is 0 Å². The van der Waals surface area contributed by atoms with Crippen LogP contribution in [-0.4, -0.2) is 15.6 Å². The zero-order valence-corrected chi connectivity index (χ0v) is 11.7. The molecule has 0 aliphatic rings. The Balaban J connectivity index is 2.39. The summed E-state index contributed by atoms with van der Waals surface area (Å²) in [7, 11) is 0. The lowest BCUT2D eigenvalue weighted by Crippen LogP contribution is -2.04. The number of carbonyl (C=O) groups is 1. The second kappa shape index (κ2) is 4.67. The van der Waals surface area contributed by atoms with Crippen LogP contribution < -0.4 is 0 Å². The minimum Gasteiger partial charge on any atom is -0.481 e. The van der Waals surface area contributed by atoms with Gasteiger partial charge in [-0.2, -0.15) is 0 Å². The highest BCUT2D eigenvalue weighted by molar-refractivity contribution is 6.10. The van der Waals surface area contributed by atoms with E-state index in [9.17, 15) is 4.79 Å². The first kappa shape index (κ1) is 12.7. The SMILES string of the molecule is Cc1ccc(C)c2c1c1ccccc1n2CCC(=O)O. The Morgan fingerprint density at radius 3 is 2.55 bits per heavy atom. The van der Waals surface area contributed by atoms with E-state index in [1.165, 1.54) is 21.9 Å². The Kier molecular flexibility index (Phi) is 2.97. The first-order valence-corrected chi connectivity index (χ1v) is 6.78. The number of fused-ring (bicyclic) bond motifs is 3. The third kappa shape index (κ3) is 1.86. The van der Waals surface area contributed by atoms with Crippen molar-refractivity contribution in [1.29, 1.82) is 0 Å².